The summed E-state index contributed by atoms with van der Waals surface area (Å²) in [5.41, 5.74) is 10.5. The Labute approximate surface area is 130 Å². The van der Waals surface area contributed by atoms with Crippen LogP contribution in [0.25, 0.3) is 0 Å². The maximum absolute atomic E-state index is 5.77. The van der Waals surface area contributed by atoms with E-state index in [4.69, 9.17) is 18.0 Å². The number of fused-ring (bicyclic) bond motifs is 1. The quantitative estimate of drug-likeness (QED) is 0.865. The fourth-order valence-corrected chi connectivity index (χ4v) is 2.97. The van der Waals surface area contributed by atoms with Crippen LogP contribution in [0.1, 0.15) is 22.4 Å². The van der Waals surface area contributed by atoms with Gasteiger partial charge in [0, 0.05) is 24.3 Å². The average Bonchev–Trinajstić information content (AvgIpc) is 2.69. The molecule has 0 unspecified atom stereocenters. The number of aromatic nitrogens is 1. The second kappa shape index (κ2) is 5.82. The van der Waals surface area contributed by atoms with Crippen LogP contribution in [0.2, 0.25) is 0 Å². The highest BCUT2D eigenvalue weighted by atomic mass is 32.1. The molecule has 2 aromatic rings. The van der Waals surface area contributed by atoms with Crippen molar-refractivity contribution in [2.75, 3.05) is 18.0 Å². The van der Waals surface area contributed by atoms with Crippen LogP contribution in [0.3, 0.4) is 0 Å². The van der Waals surface area contributed by atoms with Gasteiger partial charge in [-0.1, -0.05) is 36.5 Å². The average molecular weight is 297 g/mol. The molecule has 1 aliphatic heterocycles. The van der Waals surface area contributed by atoms with Gasteiger partial charge in [0.2, 0.25) is 0 Å². The van der Waals surface area contributed by atoms with Crippen molar-refractivity contribution < 1.29 is 0 Å². The summed E-state index contributed by atoms with van der Waals surface area (Å²) in [7, 11) is 0. The van der Waals surface area contributed by atoms with Gasteiger partial charge >= 0.3 is 0 Å². The first-order valence-electron chi connectivity index (χ1n) is 7.24. The maximum atomic E-state index is 5.77. The molecule has 2 heterocycles. The Morgan fingerprint density at radius 1 is 1.14 bits per heavy atom. The molecule has 0 saturated heterocycles. The number of nitrogens with two attached hydrogens (primary N) is 1. The van der Waals surface area contributed by atoms with Crippen LogP contribution < -0.4 is 10.6 Å². The minimum atomic E-state index is 0.430. The molecule has 108 valence electrons. The van der Waals surface area contributed by atoms with Crippen LogP contribution in [0, 0.1) is 6.92 Å². The van der Waals surface area contributed by atoms with E-state index in [0.717, 1.165) is 43.0 Å². The Morgan fingerprint density at radius 2 is 1.76 bits per heavy atom. The van der Waals surface area contributed by atoms with Crippen LogP contribution in [-0.2, 0) is 12.8 Å². The van der Waals surface area contributed by atoms with Gasteiger partial charge in [-0.25, -0.2) is 4.98 Å². The Morgan fingerprint density at radius 3 is 2.33 bits per heavy atom. The van der Waals surface area contributed by atoms with Crippen molar-refractivity contribution in [2.24, 2.45) is 5.73 Å². The number of aryl methyl sites for hydroxylation is 1. The minimum Gasteiger partial charge on any atom is -0.389 e. The van der Waals surface area contributed by atoms with Gasteiger partial charge in [0.25, 0.3) is 0 Å². The van der Waals surface area contributed by atoms with E-state index in [1.165, 1.54) is 11.1 Å². The molecular formula is C17H19N3S. The van der Waals surface area contributed by atoms with Gasteiger partial charge < -0.3 is 10.6 Å². The molecule has 0 atom stereocenters. The Hall–Kier alpha value is -1.94. The van der Waals surface area contributed by atoms with E-state index in [9.17, 15) is 0 Å². The summed E-state index contributed by atoms with van der Waals surface area (Å²) in [6.07, 6.45) is 2.10. The number of rotatable bonds is 2. The number of anilines is 1. The van der Waals surface area contributed by atoms with E-state index in [1.807, 2.05) is 19.1 Å². The summed E-state index contributed by atoms with van der Waals surface area (Å²) < 4.78 is 0. The van der Waals surface area contributed by atoms with E-state index in [-0.39, 0.29) is 0 Å². The number of hydrogen-bond donors (Lipinski definition) is 1. The highest BCUT2D eigenvalue weighted by molar-refractivity contribution is 7.80. The lowest BCUT2D eigenvalue weighted by Crippen LogP contribution is -2.27. The van der Waals surface area contributed by atoms with Gasteiger partial charge in [0.05, 0.1) is 0 Å². The largest absolute Gasteiger partial charge is 0.389 e. The predicted molar refractivity (Wildman–Crippen MR) is 90.9 cm³/mol. The minimum absolute atomic E-state index is 0.430. The molecule has 3 nitrogen and oxygen atoms in total. The number of nitrogens with zero attached hydrogens (tertiary/aromatic N) is 2. The molecule has 2 N–H and O–H groups in total. The summed E-state index contributed by atoms with van der Waals surface area (Å²) >= 11 is 5.10. The second-order valence-electron chi connectivity index (χ2n) is 5.48. The zero-order chi connectivity index (χ0) is 14.8. The first kappa shape index (κ1) is 14.0. The number of hydrogen-bond acceptors (Lipinski definition) is 3. The zero-order valence-electron chi connectivity index (χ0n) is 12.2. The lowest BCUT2D eigenvalue weighted by molar-refractivity contribution is 0.788. The maximum Gasteiger partial charge on any atom is 0.129 e. The van der Waals surface area contributed by atoms with Crippen molar-refractivity contribution in [1.29, 1.82) is 0 Å². The van der Waals surface area contributed by atoms with Crippen LogP contribution in [0.15, 0.2) is 36.4 Å². The van der Waals surface area contributed by atoms with Crippen LogP contribution in [0.4, 0.5) is 5.82 Å². The molecule has 0 spiro atoms. The van der Waals surface area contributed by atoms with Crippen molar-refractivity contribution in [3.63, 3.8) is 0 Å². The Balaban J connectivity index is 1.87. The number of thiocarbonyl (C=S) groups is 1. The molecular weight excluding hydrogens is 278 g/mol. The molecule has 0 bridgehead atoms. The molecule has 1 aliphatic rings. The molecule has 1 aromatic carbocycles. The number of benzene rings is 1. The Bertz CT molecular complexity index is 654. The third-order valence-corrected chi connectivity index (χ3v) is 4.20. The monoisotopic (exact) mass is 297 g/mol. The molecule has 0 aliphatic carbocycles. The van der Waals surface area contributed by atoms with E-state index in [1.54, 1.807) is 0 Å². The summed E-state index contributed by atoms with van der Waals surface area (Å²) in [5.74, 6) is 0.977. The summed E-state index contributed by atoms with van der Waals surface area (Å²) in [6.45, 7) is 3.94. The molecule has 0 amide bonds. The van der Waals surface area contributed by atoms with Crippen molar-refractivity contribution in [3.8, 4) is 0 Å². The first-order chi connectivity index (χ1) is 10.1. The summed E-state index contributed by atoms with van der Waals surface area (Å²) in [4.78, 5) is 7.41. The lowest BCUT2D eigenvalue weighted by atomic mass is 10.0. The molecule has 21 heavy (non-hydrogen) atoms. The van der Waals surface area contributed by atoms with Crippen LogP contribution in [0.5, 0.6) is 0 Å². The van der Waals surface area contributed by atoms with Crippen molar-refractivity contribution in [3.05, 3.63) is 58.8 Å². The fourth-order valence-electron chi connectivity index (χ4n) is 2.85. The van der Waals surface area contributed by atoms with Gasteiger partial charge in [-0.15, -0.1) is 0 Å². The van der Waals surface area contributed by atoms with Crippen molar-refractivity contribution in [2.45, 2.75) is 19.8 Å². The zero-order valence-corrected chi connectivity index (χ0v) is 13.0. The Kier molecular flexibility index (Phi) is 3.88. The smallest absolute Gasteiger partial charge is 0.129 e. The first-order valence-corrected chi connectivity index (χ1v) is 7.64. The predicted octanol–water partition coefficient (Wildman–Crippen LogP) is 2.63. The molecule has 3 rings (SSSR count). The number of pyridine rings is 1. The fraction of sp³-hybridized carbons (Fsp3) is 0.294. The van der Waals surface area contributed by atoms with Crippen LogP contribution in [-0.4, -0.2) is 23.1 Å². The van der Waals surface area contributed by atoms with Gasteiger partial charge in [0.15, 0.2) is 0 Å². The standard InChI is InChI=1S/C17H19N3S/c1-12-10-15(17(18)21)11-16(19-12)20-8-6-13-4-2-3-5-14(13)7-9-20/h2-5,10-11H,6-9H2,1H3,(H2,18,21). The lowest BCUT2D eigenvalue weighted by Gasteiger charge is -2.22. The van der Waals surface area contributed by atoms with E-state index < -0.39 is 0 Å². The second-order valence-corrected chi connectivity index (χ2v) is 5.92. The summed E-state index contributed by atoms with van der Waals surface area (Å²) in [6, 6.07) is 12.6. The van der Waals surface area contributed by atoms with Gasteiger partial charge in [-0.05, 0) is 43.0 Å². The van der Waals surface area contributed by atoms with Gasteiger partial charge in [-0.3, -0.25) is 0 Å². The third kappa shape index (κ3) is 3.05. The van der Waals surface area contributed by atoms with E-state index in [2.05, 4.69) is 34.1 Å². The molecule has 1 aromatic heterocycles. The SMILES string of the molecule is Cc1cc(C(N)=S)cc(N2CCc3ccccc3CC2)n1. The molecule has 0 saturated carbocycles. The normalized spacial score (nSPS) is 14.4. The van der Waals surface area contributed by atoms with E-state index >= 15 is 0 Å². The third-order valence-electron chi connectivity index (χ3n) is 3.97. The molecule has 0 radical (unpaired) electrons. The topological polar surface area (TPSA) is 42.1 Å². The molecule has 0 fully saturated rings. The van der Waals surface area contributed by atoms with Gasteiger partial charge in [0.1, 0.15) is 10.8 Å². The van der Waals surface area contributed by atoms with Crippen LogP contribution >= 0.6 is 12.2 Å². The van der Waals surface area contributed by atoms with Gasteiger partial charge in [-0.2, -0.15) is 0 Å². The highest BCUT2D eigenvalue weighted by Gasteiger charge is 2.16. The van der Waals surface area contributed by atoms with Crippen molar-refractivity contribution in [1.82, 2.24) is 4.98 Å². The van der Waals surface area contributed by atoms with Crippen molar-refractivity contribution >= 4 is 23.0 Å². The van der Waals surface area contributed by atoms with E-state index in [0.29, 0.717) is 4.99 Å². The molecule has 4 heteroatoms. The summed E-state index contributed by atoms with van der Waals surface area (Å²) in [5, 5.41) is 0. The highest BCUT2D eigenvalue weighted by Crippen LogP contribution is 2.21.